The Kier molecular flexibility index (Phi) is 6.46. The van der Waals surface area contributed by atoms with Crippen LogP contribution in [0.5, 0.6) is 0 Å². The van der Waals surface area contributed by atoms with E-state index in [0.717, 1.165) is 31.7 Å². The quantitative estimate of drug-likeness (QED) is 0.502. The number of benzene rings is 2. The van der Waals surface area contributed by atoms with Crippen molar-refractivity contribution in [2.45, 2.75) is 40.4 Å². The average Bonchev–Trinajstić information content (AvgIpc) is 3.03. The molecule has 2 aromatic carbocycles. The average molecular weight is 365 g/mol. The number of aryl methyl sites for hydroxylation is 1. The molecule has 0 aliphatic carbocycles. The summed E-state index contributed by atoms with van der Waals surface area (Å²) >= 11 is 0. The zero-order chi connectivity index (χ0) is 19.2. The summed E-state index contributed by atoms with van der Waals surface area (Å²) in [6, 6.07) is 19.9. The molecule has 3 heteroatoms. The third kappa shape index (κ3) is 5.80. The first-order chi connectivity index (χ1) is 13.0. The van der Waals surface area contributed by atoms with E-state index in [2.05, 4.69) is 72.8 Å². The minimum atomic E-state index is -0.179. The number of halogens is 1. The lowest BCUT2D eigenvalue weighted by Crippen LogP contribution is -2.28. The topological polar surface area (TPSA) is 8.17 Å². The first kappa shape index (κ1) is 19.4. The van der Waals surface area contributed by atoms with Crippen molar-refractivity contribution in [1.29, 1.82) is 0 Å². The van der Waals surface area contributed by atoms with E-state index in [1.807, 2.05) is 12.1 Å². The Balaban J connectivity index is 1.73. The molecular formula is C24H29FN2. The third-order valence-corrected chi connectivity index (χ3v) is 4.69. The first-order valence-corrected chi connectivity index (χ1v) is 9.66. The summed E-state index contributed by atoms with van der Waals surface area (Å²) in [5.41, 5.74) is 5.06. The van der Waals surface area contributed by atoms with Crippen LogP contribution in [0.2, 0.25) is 0 Å². The van der Waals surface area contributed by atoms with E-state index in [1.165, 1.54) is 16.8 Å². The van der Waals surface area contributed by atoms with Gasteiger partial charge in [-0.15, -0.1) is 0 Å². The van der Waals surface area contributed by atoms with Crippen LogP contribution in [0.25, 0.3) is 0 Å². The number of nitrogens with zero attached hydrogens (tertiary/aromatic N) is 2. The molecular weight excluding hydrogens is 335 g/mol. The van der Waals surface area contributed by atoms with E-state index >= 15 is 0 Å². The SMILES string of the molecule is Cc1cccc(Cn2cccc2CN(Cc2ccc(F)cc2)CC(C)C)c1. The van der Waals surface area contributed by atoms with Crippen LogP contribution in [0.4, 0.5) is 4.39 Å². The van der Waals surface area contributed by atoms with E-state index in [0.29, 0.717) is 5.92 Å². The fourth-order valence-electron chi connectivity index (χ4n) is 3.53. The van der Waals surface area contributed by atoms with Crippen molar-refractivity contribution in [1.82, 2.24) is 9.47 Å². The summed E-state index contributed by atoms with van der Waals surface area (Å²) in [4.78, 5) is 2.44. The summed E-state index contributed by atoms with van der Waals surface area (Å²) < 4.78 is 15.5. The molecule has 0 bridgehead atoms. The summed E-state index contributed by atoms with van der Waals surface area (Å²) in [6.07, 6.45) is 2.16. The van der Waals surface area contributed by atoms with Gasteiger partial charge >= 0.3 is 0 Å². The van der Waals surface area contributed by atoms with Gasteiger partial charge in [0.25, 0.3) is 0 Å². The van der Waals surface area contributed by atoms with Gasteiger partial charge in [0.05, 0.1) is 0 Å². The van der Waals surface area contributed by atoms with Gasteiger partial charge in [-0.3, -0.25) is 4.90 Å². The van der Waals surface area contributed by atoms with Gasteiger partial charge in [-0.1, -0.05) is 55.8 Å². The standard InChI is InChI=1S/C24H29FN2/c1-19(2)15-26(16-21-9-11-23(25)12-10-21)18-24-8-5-13-27(24)17-22-7-4-6-20(3)14-22/h4-14,19H,15-18H2,1-3H3. The molecule has 0 unspecified atom stereocenters. The lowest BCUT2D eigenvalue weighted by atomic mass is 10.1. The lowest BCUT2D eigenvalue weighted by molar-refractivity contribution is 0.222. The monoisotopic (exact) mass is 364 g/mol. The second kappa shape index (κ2) is 9.01. The molecule has 27 heavy (non-hydrogen) atoms. The Morgan fingerprint density at radius 2 is 1.70 bits per heavy atom. The van der Waals surface area contributed by atoms with Gasteiger partial charge in [0.15, 0.2) is 0 Å². The zero-order valence-corrected chi connectivity index (χ0v) is 16.5. The first-order valence-electron chi connectivity index (χ1n) is 9.66. The Hall–Kier alpha value is -2.39. The predicted molar refractivity (Wildman–Crippen MR) is 110 cm³/mol. The van der Waals surface area contributed by atoms with Gasteiger partial charge in [-0.2, -0.15) is 0 Å². The summed E-state index contributed by atoms with van der Waals surface area (Å²) in [5, 5.41) is 0. The molecule has 0 aliphatic heterocycles. The number of hydrogen-bond acceptors (Lipinski definition) is 1. The van der Waals surface area contributed by atoms with Crippen LogP contribution < -0.4 is 0 Å². The lowest BCUT2D eigenvalue weighted by Gasteiger charge is -2.25. The van der Waals surface area contributed by atoms with E-state index in [4.69, 9.17) is 0 Å². The molecule has 1 aromatic heterocycles. The molecule has 0 amide bonds. The normalized spacial score (nSPS) is 11.5. The highest BCUT2D eigenvalue weighted by Crippen LogP contribution is 2.15. The van der Waals surface area contributed by atoms with Crippen molar-refractivity contribution in [2.75, 3.05) is 6.54 Å². The molecule has 1 heterocycles. The maximum absolute atomic E-state index is 13.2. The van der Waals surface area contributed by atoms with Crippen molar-refractivity contribution in [2.24, 2.45) is 5.92 Å². The van der Waals surface area contributed by atoms with Gasteiger partial charge < -0.3 is 4.57 Å². The Bertz CT molecular complexity index is 849. The Morgan fingerprint density at radius 1 is 0.926 bits per heavy atom. The van der Waals surface area contributed by atoms with Crippen molar-refractivity contribution in [3.8, 4) is 0 Å². The fourth-order valence-corrected chi connectivity index (χ4v) is 3.53. The molecule has 3 rings (SSSR count). The Morgan fingerprint density at radius 3 is 2.41 bits per heavy atom. The molecule has 0 saturated carbocycles. The molecule has 0 atom stereocenters. The molecule has 0 spiro atoms. The molecule has 142 valence electrons. The molecule has 0 aliphatic rings. The summed E-state index contributed by atoms with van der Waals surface area (Å²) in [7, 11) is 0. The van der Waals surface area contributed by atoms with E-state index in [9.17, 15) is 4.39 Å². The highest BCUT2D eigenvalue weighted by molar-refractivity contribution is 5.23. The molecule has 3 aromatic rings. The van der Waals surface area contributed by atoms with E-state index in [-0.39, 0.29) is 5.82 Å². The van der Waals surface area contributed by atoms with Crippen LogP contribution >= 0.6 is 0 Å². The third-order valence-electron chi connectivity index (χ3n) is 4.69. The number of rotatable bonds is 8. The minimum Gasteiger partial charge on any atom is -0.346 e. The van der Waals surface area contributed by atoms with Gasteiger partial charge in [0, 0.05) is 38.1 Å². The maximum atomic E-state index is 13.2. The molecule has 0 fully saturated rings. The van der Waals surface area contributed by atoms with Crippen LogP contribution in [0, 0.1) is 18.7 Å². The largest absolute Gasteiger partial charge is 0.346 e. The highest BCUT2D eigenvalue weighted by atomic mass is 19.1. The molecule has 0 N–H and O–H groups in total. The van der Waals surface area contributed by atoms with Crippen LogP contribution in [0.15, 0.2) is 66.9 Å². The van der Waals surface area contributed by atoms with Gasteiger partial charge in [-0.05, 0) is 48.2 Å². The van der Waals surface area contributed by atoms with Gasteiger partial charge in [-0.25, -0.2) is 4.39 Å². The molecule has 0 saturated heterocycles. The fraction of sp³-hybridized carbons (Fsp3) is 0.333. The van der Waals surface area contributed by atoms with Crippen molar-refractivity contribution in [3.05, 3.63) is 95.1 Å². The van der Waals surface area contributed by atoms with E-state index < -0.39 is 0 Å². The zero-order valence-electron chi connectivity index (χ0n) is 16.5. The second-order valence-electron chi connectivity index (χ2n) is 7.81. The molecule has 2 nitrogen and oxygen atoms in total. The molecule has 0 radical (unpaired) electrons. The highest BCUT2D eigenvalue weighted by Gasteiger charge is 2.12. The van der Waals surface area contributed by atoms with Crippen LogP contribution in [-0.4, -0.2) is 16.0 Å². The smallest absolute Gasteiger partial charge is 0.123 e. The van der Waals surface area contributed by atoms with Crippen molar-refractivity contribution in [3.63, 3.8) is 0 Å². The van der Waals surface area contributed by atoms with Crippen molar-refractivity contribution >= 4 is 0 Å². The van der Waals surface area contributed by atoms with Crippen LogP contribution in [-0.2, 0) is 19.6 Å². The number of hydrogen-bond donors (Lipinski definition) is 0. The maximum Gasteiger partial charge on any atom is 0.123 e. The predicted octanol–water partition coefficient (Wildman–Crippen LogP) is 5.64. The minimum absolute atomic E-state index is 0.179. The summed E-state index contributed by atoms with van der Waals surface area (Å²) in [6.45, 7) is 10.2. The van der Waals surface area contributed by atoms with Crippen LogP contribution in [0.3, 0.4) is 0 Å². The van der Waals surface area contributed by atoms with Gasteiger partial charge in [0.1, 0.15) is 5.82 Å². The van der Waals surface area contributed by atoms with Crippen molar-refractivity contribution < 1.29 is 4.39 Å². The number of aromatic nitrogens is 1. The van der Waals surface area contributed by atoms with Crippen LogP contribution in [0.1, 0.15) is 36.2 Å². The second-order valence-corrected chi connectivity index (χ2v) is 7.81. The van der Waals surface area contributed by atoms with E-state index in [1.54, 1.807) is 12.1 Å². The van der Waals surface area contributed by atoms with Gasteiger partial charge in [0.2, 0.25) is 0 Å². The summed E-state index contributed by atoms with van der Waals surface area (Å²) in [5.74, 6) is 0.395. The Labute approximate surface area is 162 Å².